The fourth-order valence-electron chi connectivity index (χ4n) is 5.51. The summed E-state index contributed by atoms with van der Waals surface area (Å²) in [5.41, 5.74) is 0.236. The molecule has 0 spiro atoms. The van der Waals surface area contributed by atoms with E-state index in [0.29, 0.717) is 44.7 Å². The number of likely N-dealkylation sites (tertiary alicyclic amines) is 1. The second kappa shape index (κ2) is 10.6. The summed E-state index contributed by atoms with van der Waals surface area (Å²) >= 11 is 0. The third-order valence-electron chi connectivity index (χ3n) is 7.50. The van der Waals surface area contributed by atoms with Crippen LogP contribution in [0.3, 0.4) is 0 Å². The number of nitrogens with zero attached hydrogens (tertiary/aromatic N) is 4. The van der Waals surface area contributed by atoms with Crippen LogP contribution in [0.2, 0.25) is 0 Å². The zero-order valence-corrected chi connectivity index (χ0v) is 20.8. The van der Waals surface area contributed by atoms with Gasteiger partial charge in [0, 0.05) is 51.3 Å². The second-order valence-corrected chi connectivity index (χ2v) is 12.0. The lowest BCUT2D eigenvalue weighted by Gasteiger charge is -2.35. The van der Waals surface area contributed by atoms with Crippen LogP contribution in [0.5, 0.6) is 0 Å². The molecular formula is C24H36N4O5S. The highest BCUT2D eigenvalue weighted by Crippen LogP contribution is 2.35. The quantitative estimate of drug-likeness (QED) is 0.459. The number of hydrogen-bond acceptors (Lipinski definition) is 6. The lowest BCUT2D eigenvalue weighted by Crippen LogP contribution is -2.43. The number of nitro benzene ring substituents is 1. The highest BCUT2D eigenvalue weighted by molar-refractivity contribution is 7.89. The molecule has 1 aromatic carbocycles. The van der Waals surface area contributed by atoms with Crippen LogP contribution in [-0.2, 0) is 14.8 Å². The molecule has 0 bridgehead atoms. The minimum atomic E-state index is -3.77. The van der Waals surface area contributed by atoms with Crippen LogP contribution in [0, 0.1) is 22.0 Å². The SMILES string of the molecule is CC1CCCN(S(=O)(=O)c2ccc(N3CCC(C(=O)N4CCCCCC4)CC3)c([N+](=O)[O-])c2)C1. The number of carbonyl (C=O) groups excluding carboxylic acids is 1. The molecule has 3 aliphatic heterocycles. The Hall–Kier alpha value is -2.20. The summed E-state index contributed by atoms with van der Waals surface area (Å²) in [7, 11) is -3.77. The lowest BCUT2D eigenvalue weighted by atomic mass is 9.94. The Bertz CT molecular complexity index is 999. The summed E-state index contributed by atoms with van der Waals surface area (Å²) in [6.07, 6.45) is 7.55. The van der Waals surface area contributed by atoms with E-state index < -0.39 is 14.9 Å². The molecule has 3 saturated heterocycles. The van der Waals surface area contributed by atoms with Gasteiger partial charge in [-0.15, -0.1) is 0 Å². The molecule has 4 rings (SSSR count). The number of piperidine rings is 2. The van der Waals surface area contributed by atoms with Gasteiger partial charge in [-0.1, -0.05) is 19.8 Å². The van der Waals surface area contributed by atoms with Gasteiger partial charge < -0.3 is 9.80 Å². The van der Waals surface area contributed by atoms with Crippen molar-refractivity contribution in [1.82, 2.24) is 9.21 Å². The highest BCUT2D eigenvalue weighted by atomic mass is 32.2. The molecule has 1 amide bonds. The Balaban J connectivity index is 1.47. The first-order valence-electron chi connectivity index (χ1n) is 12.6. The van der Waals surface area contributed by atoms with Gasteiger partial charge in [-0.2, -0.15) is 4.31 Å². The Morgan fingerprint density at radius 2 is 1.65 bits per heavy atom. The van der Waals surface area contributed by atoms with Crippen LogP contribution in [0.4, 0.5) is 11.4 Å². The van der Waals surface area contributed by atoms with E-state index in [1.807, 2.05) is 16.7 Å². The van der Waals surface area contributed by atoms with Gasteiger partial charge >= 0.3 is 0 Å². The van der Waals surface area contributed by atoms with Crippen LogP contribution in [0.15, 0.2) is 23.1 Å². The third kappa shape index (κ3) is 5.38. The first-order valence-corrected chi connectivity index (χ1v) is 14.0. The summed E-state index contributed by atoms with van der Waals surface area (Å²) in [6.45, 7) is 5.65. The van der Waals surface area contributed by atoms with Crippen LogP contribution in [0.25, 0.3) is 0 Å². The monoisotopic (exact) mass is 492 g/mol. The van der Waals surface area contributed by atoms with E-state index in [0.717, 1.165) is 38.8 Å². The number of rotatable bonds is 5. The van der Waals surface area contributed by atoms with E-state index in [-0.39, 0.29) is 28.3 Å². The molecule has 10 heteroatoms. The Morgan fingerprint density at radius 1 is 0.971 bits per heavy atom. The minimum absolute atomic E-state index is 0.0247. The minimum Gasteiger partial charge on any atom is -0.366 e. The zero-order valence-electron chi connectivity index (χ0n) is 20.0. The highest BCUT2D eigenvalue weighted by Gasteiger charge is 2.34. The van der Waals surface area contributed by atoms with Crippen LogP contribution < -0.4 is 4.90 Å². The molecule has 3 aliphatic rings. The van der Waals surface area contributed by atoms with E-state index in [1.165, 1.54) is 29.3 Å². The normalized spacial score (nSPS) is 23.5. The van der Waals surface area contributed by atoms with Crippen LogP contribution in [-0.4, -0.2) is 67.7 Å². The van der Waals surface area contributed by atoms with Crippen LogP contribution in [0.1, 0.15) is 58.3 Å². The van der Waals surface area contributed by atoms with Crippen molar-refractivity contribution in [2.24, 2.45) is 11.8 Å². The predicted octanol–water partition coefficient (Wildman–Crippen LogP) is 3.63. The van der Waals surface area contributed by atoms with E-state index in [2.05, 4.69) is 0 Å². The van der Waals surface area contributed by atoms with E-state index in [1.54, 1.807) is 6.07 Å². The maximum Gasteiger partial charge on any atom is 0.293 e. The van der Waals surface area contributed by atoms with Gasteiger partial charge in [0.25, 0.3) is 5.69 Å². The Kier molecular flexibility index (Phi) is 7.77. The number of benzene rings is 1. The van der Waals surface area contributed by atoms with Crippen molar-refractivity contribution in [3.05, 3.63) is 28.3 Å². The molecule has 188 valence electrons. The number of carbonyl (C=O) groups is 1. The van der Waals surface area contributed by atoms with Crippen molar-refractivity contribution in [2.45, 2.75) is 63.2 Å². The molecule has 3 heterocycles. The summed E-state index contributed by atoms with van der Waals surface area (Å²) in [5.74, 6) is 0.443. The molecule has 0 saturated carbocycles. The predicted molar refractivity (Wildman–Crippen MR) is 130 cm³/mol. The molecular weight excluding hydrogens is 456 g/mol. The van der Waals surface area contributed by atoms with Crippen molar-refractivity contribution >= 4 is 27.3 Å². The first-order chi connectivity index (χ1) is 16.3. The number of nitro groups is 1. The average Bonchev–Trinajstić information content (AvgIpc) is 3.13. The zero-order chi connectivity index (χ0) is 24.3. The topological polar surface area (TPSA) is 104 Å². The van der Waals surface area contributed by atoms with E-state index in [4.69, 9.17) is 0 Å². The van der Waals surface area contributed by atoms with Crippen molar-refractivity contribution in [2.75, 3.05) is 44.2 Å². The largest absolute Gasteiger partial charge is 0.366 e. The van der Waals surface area contributed by atoms with Gasteiger partial charge in [0.1, 0.15) is 5.69 Å². The van der Waals surface area contributed by atoms with Gasteiger partial charge in [0.15, 0.2) is 0 Å². The number of anilines is 1. The van der Waals surface area contributed by atoms with Gasteiger partial charge in [-0.3, -0.25) is 14.9 Å². The average molecular weight is 493 g/mol. The summed E-state index contributed by atoms with van der Waals surface area (Å²) in [4.78, 5) is 28.3. The summed E-state index contributed by atoms with van der Waals surface area (Å²) < 4.78 is 27.7. The third-order valence-corrected chi connectivity index (χ3v) is 9.36. The van der Waals surface area contributed by atoms with Gasteiger partial charge in [0.2, 0.25) is 15.9 Å². The van der Waals surface area contributed by atoms with Gasteiger partial charge in [0.05, 0.1) is 9.82 Å². The smallest absolute Gasteiger partial charge is 0.293 e. The molecule has 34 heavy (non-hydrogen) atoms. The Labute approximate surface area is 202 Å². The number of hydrogen-bond donors (Lipinski definition) is 0. The van der Waals surface area contributed by atoms with E-state index in [9.17, 15) is 23.3 Å². The molecule has 0 N–H and O–H groups in total. The van der Waals surface area contributed by atoms with Crippen molar-refractivity contribution in [3.63, 3.8) is 0 Å². The van der Waals surface area contributed by atoms with E-state index >= 15 is 0 Å². The molecule has 9 nitrogen and oxygen atoms in total. The first kappa shape index (κ1) is 24.9. The van der Waals surface area contributed by atoms with Crippen molar-refractivity contribution < 1.29 is 18.1 Å². The number of amides is 1. The molecule has 1 unspecified atom stereocenters. The fraction of sp³-hybridized carbons (Fsp3) is 0.708. The molecule has 0 radical (unpaired) electrons. The molecule has 0 aliphatic carbocycles. The summed E-state index contributed by atoms with van der Waals surface area (Å²) in [5, 5.41) is 11.9. The molecule has 1 atom stereocenters. The maximum absolute atomic E-state index is 13.1. The standard InChI is InChI=1S/C24H36N4O5S/c1-19-7-6-14-27(18-19)34(32,33)21-8-9-22(23(17-21)28(30)31)25-15-10-20(11-16-25)24(29)26-12-4-2-3-5-13-26/h8-9,17,19-20H,2-7,10-16,18H2,1H3. The van der Waals surface area contributed by atoms with Crippen molar-refractivity contribution in [3.8, 4) is 0 Å². The van der Waals surface area contributed by atoms with Crippen molar-refractivity contribution in [1.29, 1.82) is 0 Å². The Morgan fingerprint density at radius 3 is 2.26 bits per heavy atom. The van der Waals surface area contributed by atoms with Gasteiger partial charge in [-0.05, 0) is 56.6 Å². The number of sulfonamides is 1. The lowest BCUT2D eigenvalue weighted by molar-refractivity contribution is -0.384. The molecule has 3 fully saturated rings. The van der Waals surface area contributed by atoms with Gasteiger partial charge in [-0.25, -0.2) is 8.42 Å². The molecule has 0 aromatic heterocycles. The summed E-state index contributed by atoms with van der Waals surface area (Å²) in [6, 6.07) is 4.26. The second-order valence-electron chi connectivity index (χ2n) is 10.0. The molecule has 1 aromatic rings. The van der Waals surface area contributed by atoms with Crippen LogP contribution >= 0.6 is 0 Å². The fourth-order valence-corrected chi connectivity index (χ4v) is 7.13. The maximum atomic E-state index is 13.1.